The molecule has 2 rings (SSSR count). The molecule has 1 heterocycles. The third kappa shape index (κ3) is 5.71. The van der Waals surface area contributed by atoms with E-state index in [9.17, 15) is 14.4 Å². The zero-order valence-corrected chi connectivity index (χ0v) is 17.5. The van der Waals surface area contributed by atoms with Crippen LogP contribution in [-0.4, -0.2) is 47.2 Å². The van der Waals surface area contributed by atoms with Crippen LogP contribution in [0.2, 0.25) is 0 Å². The third-order valence-corrected chi connectivity index (χ3v) is 4.47. The summed E-state index contributed by atoms with van der Waals surface area (Å²) in [7, 11) is 0. The smallest absolute Gasteiger partial charge is 0.411 e. The van der Waals surface area contributed by atoms with Gasteiger partial charge in [-0.25, -0.2) is 9.59 Å². The van der Waals surface area contributed by atoms with Gasteiger partial charge in [0.25, 0.3) is 5.91 Å². The predicted molar refractivity (Wildman–Crippen MR) is 106 cm³/mol. The monoisotopic (exact) mass is 390 g/mol. The maximum absolute atomic E-state index is 12.6. The van der Waals surface area contributed by atoms with Gasteiger partial charge in [-0.05, 0) is 71.6 Å². The van der Waals surface area contributed by atoms with Gasteiger partial charge in [0.2, 0.25) is 0 Å². The van der Waals surface area contributed by atoms with Gasteiger partial charge in [-0.15, -0.1) is 0 Å². The highest BCUT2D eigenvalue weighted by Crippen LogP contribution is 2.23. The number of nitrogens with one attached hydrogen (secondary N) is 1. The molecule has 2 amide bonds. The van der Waals surface area contributed by atoms with Crippen molar-refractivity contribution in [1.82, 2.24) is 4.90 Å². The Labute approximate surface area is 166 Å². The lowest BCUT2D eigenvalue weighted by atomic mass is 10.1. The zero-order valence-electron chi connectivity index (χ0n) is 17.5. The Morgan fingerprint density at radius 2 is 1.89 bits per heavy atom. The van der Waals surface area contributed by atoms with E-state index in [4.69, 9.17) is 9.47 Å². The molecule has 28 heavy (non-hydrogen) atoms. The number of hydrogen-bond donors (Lipinski definition) is 1. The van der Waals surface area contributed by atoms with Gasteiger partial charge in [0.15, 0.2) is 6.10 Å². The van der Waals surface area contributed by atoms with Crippen molar-refractivity contribution in [2.45, 2.75) is 72.1 Å². The van der Waals surface area contributed by atoms with Crippen LogP contribution in [0.3, 0.4) is 0 Å². The minimum Gasteiger partial charge on any atom is -0.451 e. The predicted octanol–water partition coefficient (Wildman–Crippen LogP) is 3.57. The van der Waals surface area contributed by atoms with Crippen molar-refractivity contribution in [3.8, 4) is 0 Å². The standard InChI is InChI=1S/C21H30N2O5/c1-13-9-10-14(2)16(12-13)22-18(24)15(3)27-19(25)17-8-7-11-23(17)20(26)28-21(4,5)6/h9-10,12,15,17H,7-8,11H2,1-6H3,(H,22,24)/t15-,17-/m0/s1. The summed E-state index contributed by atoms with van der Waals surface area (Å²) < 4.78 is 10.7. The van der Waals surface area contributed by atoms with Gasteiger partial charge in [-0.3, -0.25) is 9.69 Å². The van der Waals surface area contributed by atoms with Gasteiger partial charge in [0.05, 0.1) is 0 Å². The first kappa shape index (κ1) is 21.7. The van der Waals surface area contributed by atoms with Crippen LogP contribution < -0.4 is 5.32 Å². The number of carbonyl (C=O) groups is 3. The molecule has 0 spiro atoms. The van der Waals surface area contributed by atoms with Crippen molar-refractivity contribution in [3.05, 3.63) is 29.3 Å². The van der Waals surface area contributed by atoms with Crippen LogP contribution in [0.4, 0.5) is 10.5 Å². The molecule has 2 atom stereocenters. The van der Waals surface area contributed by atoms with Crippen molar-refractivity contribution in [1.29, 1.82) is 0 Å². The number of likely N-dealkylation sites (tertiary alicyclic amines) is 1. The zero-order chi connectivity index (χ0) is 21.1. The van der Waals surface area contributed by atoms with Gasteiger partial charge < -0.3 is 14.8 Å². The first-order valence-corrected chi connectivity index (χ1v) is 9.56. The molecule has 0 bridgehead atoms. The van der Waals surface area contributed by atoms with Crippen LogP contribution in [0.25, 0.3) is 0 Å². The highest BCUT2D eigenvalue weighted by Gasteiger charge is 2.38. The van der Waals surface area contributed by atoms with E-state index in [1.165, 1.54) is 11.8 Å². The van der Waals surface area contributed by atoms with E-state index >= 15 is 0 Å². The lowest BCUT2D eigenvalue weighted by molar-refractivity contribution is -0.157. The fourth-order valence-corrected chi connectivity index (χ4v) is 2.96. The second-order valence-electron chi connectivity index (χ2n) is 8.22. The van der Waals surface area contributed by atoms with Crippen LogP contribution in [-0.2, 0) is 19.1 Å². The Bertz CT molecular complexity index is 754. The van der Waals surface area contributed by atoms with E-state index in [-0.39, 0.29) is 0 Å². The molecule has 1 N–H and O–H groups in total. The molecule has 7 nitrogen and oxygen atoms in total. The topological polar surface area (TPSA) is 84.9 Å². The Balaban J connectivity index is 1.97. The highest BCUT2D eigenvalue weighted by atomic mass is 16.6. The minimum atomic E-state index is -0.978. The van der Waals surface area contributed by atoms with Gasteiger partial charge >= 0.3 is 12.1 Å². The first-order valence-electron chi connectivity index (χ1n) is 9.56. The number of hydrogen-bond acceptors (Lipinski definition) is 5. The van der Waals surface area contributed by atoms with Crippen molar-refractivity contribution in [2.75, 3.05) is 11.9 Å². The largest absolute Gasteiger partial charge is 0.451 e. The molecule has 1 aromatic carbocycles. The number of nitrogens with zero attached hydrogens (tertiary/aromatic N) is 1. The molecule has 0 aliphatic carbocycles. The van der Waals surface area contributed by atoms with Gasteiger partial charge in [-0.2, -0.15) is 0 Å². The van der Waals surface area contributed by atoms with Gasteiger partial charge in [0.1, 0.15) is 11.6 Å². The van der Waals surface area contributed by atoms with Gasteiger partial charge in [-0.1, -0.05) is 12.1 Å². The molecule has 0 aromatic heterocycles. The Hall–Kier alpha value is -2.57. The average Bonchev–Trinajstić information content (AvgIpc) is 3.06. The van der Waals surface area contributed by atoms with E-state index in [2.05, 4.69) is 5.32 Å². The van der Waals surface area contributed by atoms with Crippen LogP contribution in [0.5, 0.6) is 0 Å². The normalized spacial score (nSPS) is 17.8. The van der Waals surface area contributed by atoms with Crippen molar-refractivity contribution in [3.63, 3.8) is 0 Å². The Morgan fingerprint density at radius 1 is 1.21 bits per heavy atom. The van der Waals surface area contributed by atoms with Crippen LogP contribution >= 0.6 is 0 Å². The maximum Gasteiger partial charge on any atom is 0.411 e. The Morgan fingerprint density at radius 3 is 2.54 bits per heavy atom. The molecule has 1 aliphatic heterocycles. The summed E-state index contributed by atoms with van der Waals surface area (Å²) in [6.45, 7) is 11.1. The van der Waals surface area contributed by atoms with Crippen molar-refractivity contribution >= 4 is 23.7 Å². The molecule has 0 radical (unpaired) electrons. The summed E-state index contributed by atoms with van der Waals surface area (Å²) in [5.74, 6) is -1.00. The van der Waals surface area contributed by atoms with Crippen molar-refractivity contribution < 1.29 is 23.9 Å². The molecule has 1 aliphatic rings. The molecule has 0 saturated carbocycles. The first-order chi connectivity index (χ1) is 13.0. The number of benzene rings is 1. The quantitative estimate of drug-likeness (QED) is 0.795. The number of esters is 1. The van der Waals surface area contributed by atoms with Gasteiger partial charge in [0, 0.05) is 12.2 Å². The number of anilines is 1. The molecule has 1 fully saturated rings. The van der Waals surface area contributed by atoms with E-state index in [0.717, 1.165) is 11.1 Å². The molecule has 1 aromatic rings. The molecular weight excluding hydrogens is 360 g/mol. The van der Waals surface area contributed by atoms with E-state index in [1.54, 1.807) is 20.8 Å². The molecule has 0 unspecified atom stereocenters. The summed E-state index contributed by atoms with van der Waals surface area (Å²) in [5, 5.41) is 2.79. The maximum atomic E-state index is 12.6. The molecular formula is C21H30N2O5. The third-order valence-electron chi connectivity index (χ3n) is 4.47. The average molecular weight is 390 g/mol. The van der Waals surface area contributed by atoms with Crippen LogP contribution in [0.15, 0.2) is 18.2 Å². The number of ether oxygens (including phenoxy) is 2. The highest BCUT2D eigenvalue weighted by molar-refractivity contribution is 5.96. The fraction of sp³-hybridized carbons (Fsp3) is 0.571. The second kappa shape index (κ2) is 8.63. The summed E-state index contributed by atoms with van der Waals surface area (Å²) in [4.78, 5) is 38.7. The second-order valence-corrected chi connectivity index (χ2v) is 8.22. The molecule has 7 heteroatoms. The summed E-state index contributed by atoms with van der Waals surface area (Å²) in [5.41, 5.74) is 1.98. The van der Waals surface area contributed by atoms with Crippen molar-refractivity contribution in [2.24, 2.45) is 0 Å². The lowest BCUT2D eigenvalue weighted by Crippen LogP contribution is -2.45. The fourth-order valence-electron chi connectivity index (χ4n) is 2.96. The van der Waals surface area contributed by atoms with Crippen LogP contribution in [0, 0.1) is 13.8 Å². The molecule has 154 valence electrons. The number of aryl methyl sites for hydroxylation is 2. The Kier molecular flexibility index (Phi) is 6.69. The van der Waals surface area contributed by atoms with E-state index in [0.29, 0.717) is 25.1 Å². The summed E-state index contributed by atoms with van der Waals surface area (Å²) >= 11 is 0. The van der Waals surface area contributed by atoms with E-state index < -0.39 is 35.7 Å². The van der Waals surface area contributed by atoms with Crippen LogP contribution in [0.1, 0.15) is 51.7 Å². The molecule has 1 saturated heterocycles. The number of carbonyl (C=O) groups excluding carboxylic acids is 3. The minimum absolute atomic E-state index is 0.413. The summed E-state index contributed by atoms with van der Waals surface area (Å²) in [6, 6.07) is 5.01. The SMILES string of the molecule is Cc1ccc(C)c(NC(=O)[C@H](C)OC(=O)[C@@H]2CCCN2C(=O)OC(C)(C)C)c1. The lowest BCUT2D eigenvalue weighted by Gasteiger charge is -2.28. The number of rotatable bonds is 4. The van der Waals surface area contributed by atoms with E-state index in [1.807, 2.05) is 32.0 Å². The number of amides is 2. The summed E-state index contributed by atoms with van der Waals surface area (Å²) in [6.07, 6.45) is -0.348.